The molecule has 0 fully saturated rings. The van der Waals surface area contributed by atoms with Gasteiger partial charge in [0.2, 0.25) is 5.28 Å². The Labute approximate surface area is 190 Å². The number of hydrogen-bond acceptors (Lipinski definition) is 4. The van der Waals surface area contributed by atoms with Gasteiger partial charge in [-0.1, -0.05) is 60.7 Å². The Morgan fingerprint density at radius 2 is 1.19 bits per heavy atom. The first-order chi connectivity index (χ1) is 15.3. The zero-order valence-corrected chi connectivity index (χ0v) is 18.5. The van der Waals surface area contributed by atoms with Crippen molar-refractivity contribution in [2.45, 2.75) is 0 Å². The Bertz CT molecular complexity index is 1810. The third-order valence-corrected chi connectivity index (χ3v) is 8.20. The van der Waals surface area contributed by atoms with Crippen LogP contribution in [0.4, 0.5) is 0 Å². The van der Waals surface area contributed by atoms with Crippen molar-refractivity contribution in [1.82, 2.24) is 9.97 Å². The summed E-state index contributed by atoms with van der Waals surface area (Å²) in [4.78, 5) is 10.2. The number of rotatable bonds is 1. The summed E-state index contributed by atoms with van der Waals surface area (Å²) < 4.78 is 3.76. The van der Waals surface area contributed by atoms with E-state index in [0.717, 1.165) is 21.5 Å². The van der Waals surface area contributed by atoms with Crippen molar-refractivity contribution in [3.8, 4) is 11.3 Å². The molecule has 0 amide bonds. The molecule has 4 aromatic carbocycles. The van der Waals surface area contributed by atoms with Crippen molar-refractivity contribution < 1.29 is 0 Å². The number of thiophene rings is 2. The monoisotopic (exact) mass is 452 g/mol. The van der Waals surface area contributed by atoms with Crippen molar-refractivity contribution in [2.75, 3.05) is 0 Å². The highest BCUT2D eigenvalue weighted by molar-refractivity contribution is 7.26. The molecule has 2 nitrogen and oxygen atoms in total. The van der Waals surface area contributed by atoms with Gasteiger partial charge in [0.05, 0.1) is 5.69 Å². The maximum atomic E-state index is 6.42. The normalized spacial score (nSPS) is 12.0. The Morgan fingerprint density at radius 3 is 1.97 bits per heavy atom. The maximum Gasteiger partial charge on any atom is 0.224 e. The van der Waals surface area contributed by atoms with E-state index in [-0.39, 0.29) is 5.28 Å². The second-order valence-corrected chi connectivity index (χ2v) is 10.0. The summed E-state index contributed by atoms with van der Waals surface area (Å²) in [6.45, 7) is 0. The first-order valence-corrected chi connectivity index (χ1v) is 12.0. The van der Waals surface area contributed by atoms with Crippen LogP contribution in [0.1, 0.15) is 0 Å². The molecule has 0 radical (unpaired) electrons. The fourth-order valence-corrected chi connectivity index (χ4v) is 7.03. The van der Waals surface area contributed by atoms with Crippen molar-refractivity contribution in [3.05, 3.63) is 84.1 Å². The summed E-state index contributed by atoms with van der Waals surface area (Å²) in [5.41, 5.74) is 2.01. The predicted molar refractivity (Wildman–Crippen MR) is 136 cm³/mol. The third-order valence-electron chi connectivity index (χ3n) is 5.85. The summed E-state index contributed by atoms with van der Waals surface area (Å²) in [7, 11) is 0. The van der Waals surface area contributed by atoms with Crippen LogP contribution in [-0.2, 0) is 0 Å². The van der Waals surface area contributed by atoms with Crippen LogP contribution in [0.5, 0.6) is 0 Å². The van der Waals surface area contributed by atoms with E-state index in [1.165, 1.54) is 41.0 Å². The maximum absolute atomic E-state index is 6.42. The lowest BCUT2D eigenvalue weighted by Crippen LogP contribution is -1.91. The summed E-state index contributed by atoms with van der Waals surface area (Å²) in [5, 5.41) is 7.59. The van der Waals surface area contributed by atoms with Gasteiger partial charge in [0, 0.05) is 41.2 Å². The lowest BCUT2D eigenvalue weighted by molar-refractivity contribution is 1.24. The first kappa shape index (κ1) is 17.6. The van der Waals surface area contributed by atoms with Gasteiger partial charge in [-0.3, -0.25) is 0 Å². The molecule has 0 saturated heterocycles. The van der Waals surface area contributed by atoms with E-state index in [2.05, 4.69) is 83.8 Å². The van der Waals surface area contributed by atoms with Gasteiger partial charge in [0.15, 0.2) is 0 Å². The van der Waals surface area contributed by atoms with Gasteiger partial charge in [-0.25, -0.2) is 9.97 Å². The number of halogens is 1. The molecular formula is C26H13ClN2S2. The van der Waals surface area contributed by atoms with Gasteiger partial charge in [-0.15, -0.1) is 22.7 Å². The van der Waals surface area contributed by atoms with Crippen LogP contribution in [0.15, 0.2) is 78.9 Å². The van der Waals surface area contributed by atoms with Gasteiger partial charge >= 0.3 is 0 Å². The average molecular weight is 453 g/mol. The summed E-state index contributed by atoms with van der Waals surface area (Å²) in [5.74, 6) is 0. The molecule has 0 saturated carbocycles. The van der Waals surface area contributed by atoms with Crippen molar-refractivity contribution in [3.63, 3.8) is 0 Å². The number of hydrogen-bond donors (Lipinski definition) is 0. The highest BCUT2D eigenvalue weighted by atomic mass is 35.5. The Hall–Kier alpha value is -3.05. The third kappa shape index (κ3) is 2.50. The molecule has 0 atom stereocenters. The van der Waals surface area contributed by atoms with Crippen LogP contribution < -0.4 is 0 Å². The summed E-state index contributed by atoms with van der Waals surface area (Å²) in [6, 6.07) is 27.9. The van der Waals surface area contributed by atoms with Crippen molar-refractivity contribution in [1.29, 1.82) is 0 Å². The molecule has 0 aliphatic carbocycles. The molecule has 3 heterocycles. The van der Waals surface area contributed by atoms with Crippen LogP contribution in [0.3, 0.4) is 0 Å². The van der Waals surface area contributed by atoms with Gasteiger partial charge in [-0.05, 0) is 40.6 Å². The molecule has 0 unspecified atom stereocenters. The minimum absolute atomic E-state index is 0.287. The molecular weight excluding hydrogens is 440 g/mol. The molecule has 0 aliphatic rings. The summed E-state index contributed by atoms with van der Waals surface area (Å²) >= 11 is 9.91. The quantitative estimate of drug-likeness (QED) is 0.233. The molecule has 7 aromatic rings. The standard InChI is InChI=1S/C26H13ClN2S2/c27-26-28-24(23-17-10-4-6-12-20(17)31-25(23)29-26)18-13-21-22(15-8-2-1-7-14(15)18)16-9-3-5-11-19(16)30-21/h1-13H. The fourth-order valence-electron chi connectivity index (χ4n) is 4.58. The molecule has 146 valence electrons. The number of aromatic nitrogens is 2. The topological polar surface area (TPSA) is 25.8 Å². The van der Waals surface area contributed by atoms with Gasteiger partial charge in [0.25, 0.3) is 0 Å². The lowest BCUT2D eigenvalue weighted by Gasteiger charge is -2.10. The van der Waals surface area contributed by atoms with E-state index in [9.17, 15) is 0 Å². The van der Waals surface area contributed by atoms with Crippen molar-refractivity contribution >= 4 is 85.5 Å². The van der Waals surface area contributed by atoms with Crippen LogP contribution >= 0.6 is 34.3 Å². The minimum atomic E-state index is 0.287. The van der Waals surface area contributed by atoms with E-state index in [4.69, 9.17) is 16.6 Å². The summed E-state index contributed by atoms with van der Waals surface area (Å²) in [6.07, 6.45) is 0. The molecule has 0 spiro atoms. The number of nitrogens with zero attached hydrogens (tertiary/aromatic N) is 2. The molecule has 7 rings (SSSR count). The van der Waals surface area contributed by atoms with Crippen LogP contribution in [0.2, 0.25) is 5.28 Å². The predicted octanol–water partition coefficient (Wildman–Crippen LogP) is 8.69. The Balaban J connectivity index is 1.71. The molecule has 5 heteroatoms. The van der Waals surface area contributed by atoms with Crippen LogP contribution in [-0.4, -0.2) is 9.97 Å². The molecule has 31 heavy (non-hydrogen) atoms. The second-order valence-electron chi connectivity index (χ2n) is 7.56. The van der Waals surface area contributed by atoms with Crippen molar-refractivity contribution in [2.24, 2.45) is 0 Å². The first-order valence-electron chi connectivity index (χ1n) is 9.96. The SMILES string of the molecule is Clc1nc(-c2cc3sc4ccccc4c3c3ccccc23)c2c(n1)sc1ccccc12. The molecule has 0 bridgehead atoms. The van der Waals surface area contributed by atoms with E-state index >= 15 is 0 Å². The van der Waals surface area contributed by atoms with E-state index < -0.39 is 0 Å². The highest BCUT2D eigenvalue weighted by Gasteiger charge is 2.19. The zero-order valence-electron chi connectivity index (χ0n) is 16.1. The van der Waals surface area contributed by atoms with Gasteiger partial charge < -0.3 is 0 Å². The lowest BCUT2D eigenvalue weighted by atomic mass is 9.96. The van der Waals surface area contributed by atoms with Gasteiger partial charge in [-0.2, -0.15) is 0 Å². The smallest absolute Gasteiger partial charge is 0.217 e. The molecule has 3 aromatic heterocycles. The van der Waals surface area contributed by atoms with Crippen LogP contribution in [0.25, 0.3) is 62.5 Å². The zero-order chi connectivity index (χ0) is 20.5. The second kappa shape index (κ2) is 6.47. The van der Waals surface area contributed by atoms with E-state index in [1.54, 1.807) is 11.3 Å². The fraction of sp³-hybridized carbons (Fsp3) is 0. The van der Waals surface area contributed by atoms with E-state index in [1.807, 2.05) is 11.3 Å². The average Bonchev–Trinajstić information content (AvgIpc) is 3.36. The molecule has 0 N–H and O–H groups in total. The number of fused-ring (bicyclic) bond motifs is 8. The van der Waals surface area contributed by atoms with Gasteiger partial charge in [0.1, 0.15) is 4.83 Å². The number of benzene rings is 4. The minimum Gasteiger partial charge on any atom is -0.217 e. The van der Waals surface area contributed by atoms with Crippen LogP contribution in [0, 0.1) is 0 Å². The highest BCUT2D eigenvalue weighted by Crippen LogP contribution is 2.45. The Morgan fingerprint density at radius 1 is 0.581 bits per heavy atom. The largest absolute Gasteiger partial charge is 0.224 e. The Kier molecular flexibility index (Phi) is 3.68. The van der Waals surface area contributed by atoms with E-state index in [0.29, 0.717) is 0 Å². The molecule has 0 aliphatic heterocycles.